The van der Waals surface area contributed by atoms with Crippen LogP contribution in [0.2, 0.25) is 5.15 Å². The summed E-state index contributed by atoms with van der Waals surface area (Å²) in [7, 11) is -3.84. The number of aromatic nitrogens is 2. The first-order chi connectivity index (χ1) is 5.02. The van der Waals surface area contributed by atoms with E-state index in [9.17, 15) is 8.42 Å². The maximum absolute atomic E-state index is 10.6. The fourth-order valence-electron chi connectivity index (χ4n) is 0.499. The summed E-state index contributed by atoms with van der Waals surface area (Å²) >= 11 is 5.38. The van der Waals surface area contributed by atoms with Crippen molar-refractivity contribution in [1.82, 2.24) is 9.97 Å². The molecule has 11 heavy (non-hydrogen) atoms. The molecule has 7 heteroatoms. The van der Waals surface area contributed by atoms with Gasteiger partial charge in [-0.3, -0.25) is 0 Å². The van der Waals surface area contributed by atoms with Crippen molar-refractivity contribution in [2.75, 3.05) is 0 Å². The number of nitrogens with two attached hydrogens (primary N) is 1. The van der Waals surface area contributed by atoms with Crippen LogP contribution in [0, 0.1) is 0 Å². The molecule has 1 aromatic heterocycles. The van der Waals surface area contributed by atoms with Gasteiger partial charge >= 0.3 is 0 Å². The van der Waals surface area contributed by atoms with Crippen LogP contribution in [0.3, 0.4) is 0 Å². The topological polar surface area (TPSA) is 85.9 Å². The van der Waals surface area contributed by atoms with Crippen LogP contribution in [0.25, 0.3) is 0 Å². The highest BCUT2D eigenvalue weighted by molar-refractivity contribution is 7.89. The maximum Gasteiger partial charge on any atom is 0.258 e. The van der Waals surface area contributed by atoms with Crippen LogP contribution in [-0.4, -0.2) is 18.4 Å². The Bertz CT molecular complexity index is 363. The number of nitrogens with zero attached hydrogens (tertiary/aromatic N) is 2. The van der Waals surface area contributed by atoms with E-state index in [1.165, 1.54) is 12.4 Å². The molecule has 1 heterocycles. The predicted octanol–water partition coefficient (Wildman–Crippen LogP) is -0.223. The first-order valence-corrected chi connectivity index (χ1v) is 4.43. The van der Waals surface area contributed by atoms with Gasteiger partial charge < -0.3 is 0 Å². The van der Waals surface area contributed by atoms with Gasteiger partial charge in [-0.25, -0.2) is 23.5 Å². The second-order valence-corrected chi connectivity index (χ2v) is 3.53. The Balaban J connectivity index is 3.37. The lowest BCUT2D eigenvalue weighted by Crippen LogP contribution is -2.14. The van der Waals surface area contributed by atoms with E-state index in [1.54, 1.807) is 0 Å². The summed E-state index contributed by atoms with van der Waals surface area (Å²) in [5.41, 5.74) is 0. The van der Waals surface area contributed by atoms with E-state index in [2.05, 4.69) is 9.97 Å². The fourth-order valence-corrected chi connectivity index (χ4v) is 1.42. The molecule has 0 saturated heterocycles. The van der Waals surface area contributed by atoms with E-state index in [0.29, 0.717) is 0 Å². The van der Waals surface area contributed by atoms with Crippen LogP contribution in [-0.2, 0) is 10.0 Å². The molecule has 5 nitrogen and oxygen atoms in total. The van der Waals surface area contributed by atoms with E-state index < -0.39 is 15.0 Å². The van der Waals surface area contributed by atoms with E-state index in [-0.39, 0.29) is 5.15 Å². The van der Waals surface area contributed by atoms with E-state index in [0.717, 1.165) is 0 Å². The van der Waals surface area contributed by atoms with Crippen molar-refractivity contribution >= 4 is 21.6 Å². The molecule has 0 fully saturated rings. The molecule has 2 N–H and O–H groups in total. The monoisotopic (exact) mass is 193 g/mol. The summed E-state index contributed by atoms with van der Waals surface area (Å²) in [6.07, 6.45) is 2.47. The molecule has 60 valence electrons. The van der Waals surface area contributed by atoms with Crippen LogP contribution in [0.4, 0.5) is 0 Å². The third-order valence-electron chi connectivity index (χ3n) is 0.892. The Morgan fingerprint density at radius 2 is 1.91 bits per heavy atom. The maximum atomic E-state index is 10.6. The van der Waals surface area contributed by atoms with Gasteiger partial charge in [0.05, 0.1) is 0 Å². The smallest absolute Gasteiger partial charge is 0.240 e. The van der Waals surface area contributed by atoms with Crippen molar-refractivity contribution in [2.24, 2.45) is 5.14 Å². The van der Waals surface area contributed by atoms with Crippen LogP contribution >= 0.6 is 11.6 Å². The summed E-state index contributed by atoms with van der Waals surface area (Å²) in [5.74, 6) is 0. The SMILES string of the molecule is NS(=O)(=O)c1nccnc1Cl. The summed E-state index contributed by atoms with van der Waals surface area (Å²) in [6, 6.07) is 0. The van der Waals surface area contributed by atoms with Gasteiger partial charge in [0.2, 0.25) is 5.03 Å². The highest BCUT2D eigenvalue weighted by atomic mass is 35.5. The standard InChI is InChI=1S/C4H4ClN3O2S/c5-3-4(11(6,9)10)8-2-1-7-3/h1-2H,(H2,6,9,10). The van der Waals surface area contributed by atoms with E-state index in [4.69, 9.17) is 16.7 Å². The Morgan fingerprint density at radius 1 is 1.36 bits per heavy atom. The van der Waals surface area contributed by atoms with Crippen molar-refractivity contribution in [3.8, 4) is 0 Å². The van der Waals surface area contributed by atoms with Gasteiger partial charge in [-0.2, -0.15) is 0 Å². The summed E-state index contributed by atoms with van der Waals surface area (Å²) < 4.78 is 21.3. The summed E-state index contributed by atoms with van der Waals surface area (Å²) in [6.45, 7) is 0. The molecule has 0 unspecified atom stereocenters. The molecule has 0 atom stereocenters. The zero-order chi connectivity index (χ0) is 8.48. The highest BCUT2D eigenvalue weighted by Crippen LogP contribution is 2.11. The molecule has 0 aliphatic heterocycles. The van der Waals surface area contributed by atoms with Crippen molar-refractivity contribution in [3.63, 3.8) is 0 Å². The van der Waals surface area contributed by atoms with Crippen molar-refractivity contribution in [2.45, 2.75) is 5.03 Å². The molecule has 0 amide bonds. The highest BCUT2D eigenvalue weighted by Gasteiger charge is 2.14. The van der Waals surface area contributed by atoms with Gasteiger partial charge in [0.25, 0.3) is 10.0 Å². The first kappa shape index (κ1) is 8.38. The zero-order valence-corrected chi connectivity index (χ0v) is 6.80. The second-order valence-electron chi connectivity index (χ2n) is 1.70. The van der Waals surface area contributed by atoms with Gasteiger partial charge in [-0.1, -0.05) is 11.6 Å². The molecular weight excluding hydrogens is 190 g/mol. The average Bonchev–Trinajstić information content (AvgIpc) is 1.86. The van der Waals surface area contributed by atoms with Crippen LogP contribution in [0.1, 0.15) is 0 Å². The van der Waals surface area contributed by atoms with E-state index in [1.807, 2.05) is 0 Å². The lowest BCUT2D eigenvalue weighted by Gasteiger charge is -1.96. The number of primary sulfonamides is 1. The molecule has 1 aromatic rings. The van der Waals surface area contributed by atoms with Gasteiger partial charge in [0, 0.05) is 12.4 Å². The third kappa shape index (κ3) is 1.86. The number of sulfonamides is 1. The van der Waals surface area contributed by atoms with Gasteiger partial charge in [-0.15, -0.1) is 0 Å². The largest absolute Gasteiger partial charge is 0.258 e. The van der Waals surface area contributed by atoms with Gasteiger partial charge in [0.15, 0.2) is 5.15 Å². The normalized spacial score (nSPS) is 11.5. The Kier molecular flexibility index (Phi) is 2.08. The Hall–Kier alpha value is -0.720. The minimum atomic E-state index is -3.84. The van der Waals surface area contributed by atoms with Crippen LogP contribution < -0.4 is 5.14 Å². The molecule has 0 bridgehead atoms. The minimum absolute atomic E-state index is 0.213. The third-order valence-corrected chi connectivity index (χ3v) is 2.12. The van der Waals surface area contributed by atoms with Crippen molar-refractivity contribution in [3.05, 3.63) is 17.5 Å². The molecule has 0 aliphatic carbocycles. The second kappa shape index (κ2) is 2.72. The molecule has 0 radical (unpaired) electrons. The zero-order valence-electron chi connectivity index (χ0n) is 5.23. The number of rotatable bonds is 1. The molecular formula is C4H4ClN3O2S. The predicted molar refractivity (Wildman–Crippen MR) is 38.4 cm³/mol. The van der Waals surface area contributed by atoms with Crippen molar-refractivity contribution in [1.29, 1.82) is 0 Å². The summed E-state index contributed by atoms with van der Waals surface area (Å²) in [5, 5.41) is 4.13. The first-order valence-electron chi connectivity index (χ1n) is 2.51. The quantitative estimate of drug-likeness (QED) is 0.668. The Morgan fingerprint density at radius 3 is 2.27 bits per heavy atom. The minimum Gasteiger partial charge on any atom is -0.240 e. The van der Waals surface area contributed by atoms with Crippen LogP contribution in [0.5, 0.6) is 0 Å². The van der Waals surface area contributed by atoms with Crippen LogP contribution in [0.15, 0.2) is 17.4 Å². The number of hydrogen-bond acceptors (Lipinski definition) is 4. The lowest BCUT2D eigenvalue weighted by molar-refractivity contribution is 0.593. The average molecular weight is 194 g/mol. The summed E-state index contributed by atoms with van der Waals surface area (Å²) in [4.78, 5) is 6.93. The molecule has 0 saturated carbocycles. The fraction of sp³-hybridized carbons (Fsp3) is 0. The van der Waals surface area contributed by atoms with Gasteiger partial charge in [0.1, 0.15) is 0 Å². The molecule has 1 rings (SSSR count). The lowest BCUT2D eigenvalue weighted by atomic mass is 10.8. The van der Waals surface area contributed by atoms with Crippen molar-refractivity contribution < 1.29 is 8.42 Å². The number of hydrogen-bond donors (Lipinski definition) is 1. The molecule has 0 spiro atoms. The Labute approximate surface area is 68.3 Å². The van der Waals surface area contributed by atoms with Gasteiger partial charge in [-0.05, 0) is 0 Å². The molecule has 0 aliphatic rings. The molecule has 0 aromatic carbocycles. The van der Waals surface area contributed by atoms with E-state index >= 15 is 0 Å². The number of halogens is 1.